The molecule has 90 valence electrons. The number of unbranched alkanes of at least 4 members (excludes halogenated alkanes) is 3. The van der Waals surface area contributed by atoms with Gasteiger partial charge in [-0.3, -0.25) is 0 Å². The van der Waals surface area contributed by atoms with Crippen molar-refractivity contribution in [1.29, 1.82) is 0 Å². The fourth-order valence-corrected chi connectivity index (χ4v) is 2.76. The molecule has 1 fully saturated rings. The van der Waals surface area contributed by atoms with Gasteiger partial charge in [-0.25, -0.2) is 0 Å². The second-order valence-electron chi connectivity index (χ2n) is 5.59. The maximum absolute atomic E-state index is 3.57. The summed E-state index contributed by atoms with van der Waals surface area (Å²) >= 11 is 0. The zero-order valence-corrected chi connectivity index (χ0v) is 10.9. The van der Waals surface area contributed by atoms with E-state index in [0.29, 0.717) is 0 Å². The number of hydrogen-bond donors (Lipinski definition) is 1. The Morgan fingerprint density at radius 1 is 1.20 bits per heavy atom. The van der Waals surface area contributed by atoms with E-state index < -0.39 is 0 Å². The van der Waals surface area contributed by atoms with Crippen molar-refractivity contribution < 1.29 is 0 Å². The zero-order valence-electron chi connectivity index (χ0n) is 10.9. The van der Waals surface area contributed by atoms with Crippen molar-refractivity contribution in [2.24, 2.45) is 17.8 Å². The van der Waals surface area contributed by atoms with Crippen LogP contribution in [0, 0.1) is 17.8 Å². The Labute approximate surface area is 96.0 Å². The average Bonchev–Trinajstić information content (AvgIpc) is 2.24. The fraction of sp³-hybridized carbons (Fsp3) is 1.00. The van der Waals surface area contributed by atoms with E-state index in [4.69, 9.17) is 0 Å². The molecule has 3 atom stereocenters. The topological polar surface area (TPSA) is 12.0 Å². The summed E-state index contributed by atoms with van der Waals surface area (Å²) in [4.78, 5) is 0. The quantitative estimate of drug-likeness (QED) is 0.658. The van der Waals surface area contributed by atoms with E-state index in [1.807, 2.05) is 0 Å². The monoisotopic (exact) mass is 211 g/mol. The smallest absolute Gasteiger partial charge is 0.00177 e. The summed E-state index contributed by atoms with van der Waals surface area (Å²) in [5.74, 6) is 2.76. The summed E-state index contributed by atoms with van der Waals surface area (Å²) in [5, 5.41) is 3.57. The van der Waals surface area contributed by atoms with Gasteiger partial charge in [-0.15, -0.1) is 0 Å². The molecule has 1 rings (SSSR count). The molecule has 0 radical (unpaired) electrons. The van der Waals surface area contributed by atoms with Gasteiger partial charge < -0.3 is 5.32 Å². The first-order valence-corrected chi connectivity index (χ1v) is 6.94. The largest absolute Gasteiger partial charge is 0.316 e. The van der Waals surface area contributed by atoms with Crippen LogP contribution in [0.25, 0.3) is 0 Å². The Hall–Kier alpha value is -0.0400. The molecule has 1 nitrogen and oxygen atoms in total. The van der Waals surface area contributed by atoms with Crippen molar-refractivity contribution in [1.82, 2.24) is 5.32 Å². The van der Waals surface area contributed by atoms with E-state index >= 15 is 0 Å². The number of hydrogen-bond acceptors (Lipinski definition) is 1. The van der Waals surface area contributed by atoms with Gasteiger partial charge in [-0.2, -0.15) is 0 Å². The van der Waals surface area contributed by atoms with Gasteiger partial charge in [0.05, 0.1) is 0 Å². The third kappa shape index (κ3) is 5.01. The highest BCUT2D eigenvalue weighted by Crippen LogP contribution is 2.26. The summed E-state index contributed by atoms with van der Waals surface area (Å²) in [7, 11) is 0. The van der Waals surface area contributed by atoms with Crippen LogP contribution in [0.5, 0.6) is 0 Å². The molecule has 2 unspecified atom stereocenters. The molecule has 0 aromatic carbocycles. The average molecular weight is 211 g/mol. The highest BCUT2D eigenvalue weighted by atomic mass is 14.9. The van der Waals surface area contributed by atoms with Gasteiger partial charge in [0, 0.05) is 0 Å². The lowest BCUT2D eigenvalue weighted by Gasteiger charge is -2.32. The summed E-state index contributed by atoms with van der Waals surface area (Å²) < 4.78 is 0. The normalized spacial score (nSPS) is 29.0. The first-order chi connectivity index (χ1) is 7.24. The molecule has 1 saturated heterocycles. The third-order valence-corrected chi connectivity index (χ3v) is 3.92. The predicted octanol–water partition coefficient (Wildman–Crippen LogP) is 3.84. The minimum atomic E-state index is 0.891. The van der Waals surface area contributed by atoms with Crippen molar-refractivity contribution in [2.45, 2.75) is 59.3 Å². The lowest BCUT2D eigenvalue weighted by Crippen LogP contribution is -2.37. The molecule has 1 heteroatoms. The molecule has 1 aliphatic heterocycles. The second-order valence-corrected chi connectivity index (χ2v) is 5.59. The Bertz CT molecular complexity index is 155. The van der Waals surface area contributed by atoms with Crippen LogP contribution in [0.2, 0.25) is 0 Å². The molecule has 0 amide bonds. The Morgan fingerprint density at radius 3 is 2.67 bits per heavy atom. The van der Waals surface area contributed by atoms with Crippen LogP contribution < -0.4 is 5.32 Å². The fourth-order valence-electron chi connectivity index (χ4n) is 2.76. The molecule has 1 aliphatic rings. The van der Waals surface area contributed by atoms with Crippen molar-refractivity contribution in [3.63, 3.8) is 0 Å². The van der Waals surface area contributed by atoms with Crippen LogP contribution in [0.1, 0.15) is 59.3 Å². The lowest BCUT2D eigenvalue weighted by atomic mass is 9.81. The van der Waals surface area contributed by atoms with Gasteiger partial charge in [-0.05, 0) is 37.3 Å². The van der Waals surface area contributed by atoms with Crippen LogP contribution in [-0.4, -0.2) is 13.1 Å². The first-order valence-electron chi connectivity index (χ1n) is 6.94. The van der Waals surface area contributed by atoms with E-state index in [1.165, 1.54) is 51.6 Å². The number of piperidine rings is 1. The van der Waals surface area contributed by atoms with Crippen molar-refractivity contribution in [3.8, 4) is 0 Å². The lowest BCUT2D eigenvalue weighted by molar-refractivity contribution is 0.221. The Morgan fingerprint density at radius 2 is 2.00 bits per heavy atom. The maximum atomic E-state index is 3.57. The van der Waals surface area contributed by atoms with Crippen LogP contribution >= 0.6 is 0 Å². The Kier molecular flexibility index (Phi) is 6.31. The number of nitrogens with one attached hydrogen (secondary N) is 1. The van der Waals surface area contributed by atoms with Crippen LogP contribution in [-0.2, 0) is 0 Å². The van der Waals surface area contributed by atoms with E-state index in [-0.39, 0.29) is 0 Å². The van der Waals surface area contributed by atoms with Crippen LogP contribution in [0.15, 0.2) is 0 Å². The summed E-state index contributed by atoms with van der Waals surface area (Å²) in [6.45, 7) is 9.62. The molecule has 0 aliphatic carbocycles. The molecular formula is C14H29N. The van der Waals surface area contributed by atoms with E-state index in [1.54, 1.807) is 0 Å². The maximum Gasteiger partial charge on any atom is -0.00177 e. The van der Waals surface area contributed by atoms with Crippen molar-refractivity contribution >= 4 is 0 Å². The predicted molar refractivity (Wildman–Crippen MR) is 68.1 cm³/mol. The third-order valence-electron chi connectivity index (χ3n) is 3.92. The molecule has 15 heavy (non-hydrogen) atoms. The van der Waals surface area contributed by atoms with Gasteiger partial charge in [0.25, 0.3) is 0 Å². The van der Waals surface area contributed by atoms with Gasteiger partial charge in [0.2, 0.25) is 0 Å². The standard InChI is InChI=1S/C14H29N/c1-4-5-6-7-8-13(3)14-9-12(2)10-15-11-14/h12-15H,4-11H2,1-3H3/t12-,13?,14?/m0/s1. The number of rotatable bonds is 6. The summed E-state index contributed by atoms with van der Waals surface area (Å²) in [6.07, 6.45) is 8.56. The van der Waals surface area contributed by atoms with Gasteiger partial charge in [-0.1, -0.05) is 52.9 Å². The summed E-state index contributed by atoms with van der Waals surface area (Å²) in [6, 6.07) is 0. The van der Waals surface area contributed by atoms with Crippen molar-refractivity contribution in [3.05, 3.63) is 0 Å². The second kappa shape index (κ2) is 7.27. The van der Waals surface area contributed by atoms with E-state index in [9.17, 15) is 0 Å². The van der Waals surface area contributed by atoms with E-state index in [0.717, 1.165) is 17.8 Å². The Balaban J connectivity index is 2.12. The van der Waals surface area contributed by atoms with Crippen molar-refractivity contribution in [2.75, 3.05) is 13.1 Å². The molecular weight excluding hydrogens is 182 g/mol. The first kappa shape index (κ1) is 13.0. The van der Waals surface area contributed by atoms with Gasteiger partial charge in [0.15, 0.2) is 0 Å². The van der Waals surface area contributed by atoms with Crippen LogP contribution in [0.3, 0.4) is 0 Å². The van der Waals surface area contributed by atoms with E-state index in [2.05, 4.69) is 26.1 Å². The SMILES string of the molecule is CCCCCCC(C)C1CNC[C@@H](C)C1. The summed E-state index contributed by atoms with van der Waals surface area (Å²) in [5.41, 5.74) is 0. The highest BCUT2D eigenvalue weighted by molar-refractivity contribution is 4.77. The highest BCUT2D eigenvalue weighted by Gasteiger charge is 2.22. The zero-order chi connectivity index (χ0) is 11.1. The van der Waals surface area contributed by atoms with Gasteiger partial charge >= 0.3 is 0 Å². The molecule has 0 spiro atoms. The minimum Gasteiger partial charge on any atom is -0.316 e. The molecule has 0 bridgehead atoms. The molecule has 0 saturated carbocycles. The van der Waals surface area contributed by atoms with Crippen LogP contribution in [0.4, 0.5) is 0 Å². The molecule has 1 heterocycles. The molecule has 0 aromatic rings. The minimum absolute atomic E-state index is 0.891. The molecule has 0 aromatic heterocycles. The van der Waals surface area contributed by atoms with Gasteiger partial charge in [0.1, 0.15) is 0 Å². The molecule has 1 N–H and O–H groups in total.